The van der Waals surface area contributed by atoms with Crippen LogP contribution in [0.15, 0.2) is 18.2 Å². The Morgan fingerprint density at radius 1 is 1.11 bits per heavy atom. The Bertz CT molecular complexity index is 478. The predicted octanol–water partition coefficient (Wildman–Crippen LogP) is 2.13. The minimum atomic E-state index is -1.11. The fraction of sp³-hybridized carbons (Fsp3) is 0.333. The molecule has 0 bridgehead atoms. The lowest BCUT2D eigenvalue weighted by Gasteiger charge is -2.19. The average Bonchev–Trinajstić information content (AvgIpc) is 2.23. The van der Waals surface area contributed by atoms with Crippen molar-refractivity contribution < 1.29 is 23.1 Å². The van der Waals surface area contributed by atoms with E-state index in [-0.39, 0.29) is 0 Å². The first-order chi connectivity index (χ1) is 8.70. The molecular weight excluding hydrogens is 258 g/mol. The van der Waals surface area contributed by atoms with E-state index in [1.54, 1.807) is 20.8 Å². The molecule has 2 amide bonds. The maximum absolute atomic E-state index is 13.3. The van der Waals surface area contributed by atoms with E-state index < -0.39 is 34.8 Å². The molecule has 0 aliphatic carbocycles. The number of halogens is 2. The fourth-order valence-corrected chi connectivity index (χ4v) is 1.19. The number of carbonyl (C=O) groups is 2. The van der Waals surface area contributed by atoms with Gasteiger partial charge in [-0.15, -0.1) is 0 Å². The van der Waals surface area contributed by atoms with Crippen LogP contribution >= 0.6 is 0 Å². The van der Waals surface area contributed by atoms with E-state index in [1.165, 1.54) is 0 Å². The first kappa shape index (κ1) is 14.9. The normalized spacial score (nSPS) is 10.8. The van der Waals surface area contributed by atoms with E-state index in [4.69, 9.17) is 4.74 Å². The first-order valence-electron chi connectivity index (χ1n) is 5.44. The molecular formula is C12H14F2N2O3. The third-order valence-electron chi connectivity index (χ3n) is 1.87. The minimum Gasteiger partial charge on any atom is -0.443 e. The zero-order valence-electron chi connectivity index (χ0n) is 10.7. The summed E-state index contributed by atoms with van der Waals surface area (Å²) in [6, 6.07) is 3.00. The lowest BCUT2D eigenvalue weighted by atomic mass is 10.2. The molecule has 0 atom stereocenters. The highest BCUT2D eigenvalue weighted by Crippen LogP contribution is 2.11. The summed E-state index contributed by atoms with van der Waals surface area (Å²) >= 11 is 0. The maximum Gasteiger partial charge on any atom is 0.426 e. The standard InChI is InChI=1S/C12H14F2N2O3/c1-12(2,3)19-11(18)16-15-10(17)9-7(13)5-4-6-8(9)14/h4-6H,1-3H3,(H,15,17)(H,16,18). The maximum atomic E-state index is 13.3. The molecule has 1 aromatic carbocycles. The average molecular weight is 272 g/mol. The summed E-state index contributed by atoms with van der Waals surface area (Å²) in [5, 5.41) is 0. The topological polar surface area (TPSA) is 67.4 Å². The molecule has 104 valence electrons. The van der Waals surface area contributed by atoms with Crippen LogP contribution in [0.4, 0.5) is 13.6 Å². The van der Waals surface area contributed by atoms with Gasteiger partial charge in [0, 0.05) is 0 Å². The van der Waals surface area contributed by atoms with Crippen molar-refractivity contribution in [2.75, 3.05) is 0 Å². The van der Waals surface area contributed by atoms with E-state index in [0.717, 1.165) is 18.2 Å². The number of nitrogens with one attached hydrogen (secondary N) is 2. The van der Waals surface area contributed by atoms with Crippen LogP contribution in [-0.4, -0.2) is 17.6 Å². The lowest BCUT2D eigenvalue weighted by Crippen LogP contribution is -2.44. The van der Waals surface area contributed by atoms with Gasteiger partial charge in [-0.2, -0.15) is 0 Å². The van der Waals surface area contributed by atoms with Crippen molar-refractivity contribution in [3.8, 4) is 0 Å². The van der Waals surface area contributed by atoms with Gasteiger partial charge in [-0.05, 0) is 32.9 Å². The Hall–Kier alpha value is -2.18. The van der Waals surface area contributed by atoms with Gasteiger partial charge in [0.05, 0.1) is 0 Å². The number of hydrazine groups is 1. The van der Waals surface area contributed by atoms with Gasteiger partial charge in [0.25, 0.3) is 5.91 Å². The van der Waals surface area contributed by atoms with Crippen molar-refractivity contribution in [1.82, 2.24) is 10.9 Å². The van der Waals surface area contributed by atoms with Crippen LogP contribution in [0.1, 0.15) is 31.1 Å². The second kappa shape index (κ2) is 5.64. The van der Waals surface area contributed by atoms with Crippen LogP contribution in [0.5, 0.6) is 0 Å². The smallest absolute Gasteiger partial charge is 0.426 e. The molecule has 0 aliphatic heterocycles. The summed E-state index contributed by atoms with van der Waals surface area (Å²) in [5.74, 6) is -3.16. The van der Waals surface area contributed by atoms with E-state index >= 15 is 0 Å². The molecule has 0 saturated carbocycles. The van der Waals surface area contributed by atoms with Crippen molar-refractivity contribution >= 4 is 12.0 Å². The molecule has 5 nitrogen and oxygen atoms in total. The van der Waals surface area contributed by atoms with Gasteiger partial charge in [-0.3, -0.25) is 10.2 Å². The molecule has 7 heteroatoms. The quantitative estimate of drug-likeness (QED) is 0.770. The van der Waals surface area contributed by atoms with Gasteiger partial charge in [0.2, 0.25) is 0 Å². The van der Waals surface area contributed by atoms with E-state index in [2.05, 4.69) is 0 Å². The van der Waals surface area contributed by atoms with Crippen molar-refractivity contribution in [1.29, 1.82) is 0 Å². The first-order valence-corrected chi connectivity index (χ1v) is 5.44. The predicted molar refractivity (Wildman–Crippen MR) is 63.2 cm³/mol. The highest BCUT2D eigenvalue weighted by Gasteiger charge is 2.19. The number of benzene rings is 1. The molecule has 2 N–H and O–H groups in total. The minimum absolute atomic E-state index is 0.752. The summed E-state index contributed by atoms with van der Waals surface area (Å²) in [6.45, 7) is 4.89. The fourth-order valence-electron chi connectivity index (χ4n) is 1.19. The van der Waals surface area contributed by atoms with Gasteiger partial charge in [-0.25, -0.2) is 19.0 Å². The summed E-state index contributed by atoms with van der Waals surface area (Å²) in [6.07, 6.45) is -0.933. The highest BCUT2D eigenvalue weighted by molar-refractivity contribution is 5.95. The monoisotopic (exact) mass is 272 g/mol. The molecule has 0 aromatic heterocycles. The highest BCUT2D eigenvalue weighted by atomic mass is 19.1. The zero-order valence-corrected chi connectivity index (χ0v) is 10.7. The van der Waals surface area contributed by atoms with E-state index in [1.807, 2.05) is 10.9 Å². The third-order valence-corrected chi connectivity index (χ3v) is 1.87. The van der Waals surface area contributed by atoms with E-state index in [9.17, 15) is 18.4 Å². The Labute approximate surface area is 108 Å². The van der Waals surface area contributed by atoms with Crippen LogP contribution in [0, 0.1) is 11.6 Å². The van der Waals surface area contributed by atoms with Crippen LogP contribution in [0.2, 0.25) is 0 Å². The molecule has 1 rings (SSSR count). The van der Waals surface area contributed by atoms with Crippen molar-refractivity contribution in [2.45, 2.75) is 26.4 Å². The van der Waals surface area contributed by atoms with Crippen LogP contribution in [-0.2, 0) is 4.74 Å². The molecule has 1 aromatic rings. The Morgan fingerprint density at radius 3 is 2.11 bits per heavy atom. The largest absolute Gasteiger partial charge is 0.443 e. The second-order valence-corrected chi connectivity index (χ2v) is 4.68. The van der Waals surface area contributed by atoms with Crippen LogP contribution in [0.25, 0.3) is 0 Å². The Kier molecular flexibility index (Phi) is 4.42. The SMILES string of the molecule is CC(C)(C)OC(=O)NNC(=O)c1c(F)cccc1F. The number of hydrogen-bond acceptors (Lipinski definition) is 3. The number of ether oxygens (including phenoxy) is 1. The molecule has 0 spiro atoms. The number of hydrogen-bond donors (Lipinski definition) is 2. The van der Waals surface area contributed by atoms with Gasteiger partial charge < -0.3 is 4.74 Å². The second-order valence-electron chi connectivity index (χ2n) is 4.68. The number of carbonyl (C=O) groups excluding carboxylic acids is 2. The Morgan fingerprint density at radius 2 is 1.63 bits per heavy atom. The Balaban J connectivity index is 2.64. The summed E-state index contributed by atoms with van der Waals surface area (Å²) in [4.78, 5) is 22.7. The van der Waals surface area contributed by atoms with Crippen LogP contribution in [0.3, 0.4) is 0 Å². The third kappa shape index (κ3) is 4.53. The van der Waals surface area contributed by atoms with Crippen LogP contribution < -0.4 is 10.9 Å². The number of amides is 2. The van der Waals surface area contributed by atoms with Crippen molar-refractivity contribution in [3.05, 3.63) is 35.4 Å². The summed E-state index contributed by atoms with van der Waals surface area (Å²) in [7, 11) is 0. The molecule has 0 saturated heterocycles. The molecule has 0 aliphatic rings. The van der Waals surface area contributed by atoms with Crippen molar-refractivity contribution in [3.63, 3.8) is 0 Å². The molecule has 0 fully saturated rings. The molecule has 0 radical (unpaired) electrons. The van der Waals surface area contributed by atoms with Crippen molar-refractivity contribution in [2.24, 2.45) is 0 Å². The molecule has 0 heterocycles. The number of rotatable bonds is 1. The van der Waals surface area contributed by atoms with Gasteiger partial charge in [-0.1, -0.05) is 6.07 Å². The van der Waals surface area contributed by atoms with E-state index in [0.29, 0.717) is 0 Å². The summed E-state index contributed by atoms with van der Waals surface area (Å²) in [5.41, 5.74) is 2.23. The summed E-state index contributed by atoms with van der Waals surface area (Å²) < 4.78 is 31.3. The van der Waals surface area contributed by atoms with Gasteiger partial charge in [0.1, 0.15) is 22.8 Å². The zero-order chi connectivity index (χ0) is 14.6. The molecule has 0 unspecified atom stereocenters. The van der Waals surface area contributed by atoms with Gasteiger partial charge >= 0.3 is 6.09 Å². The van der Waals surface area contributed by atoms with Gasteiger partial charge in [0.15, 0.2) is 0 Å². The molecule has 19 heavy (non-hydrogen) atoms. The lowest BCUT2D eigenvalue weighted by molar-refractivity contribution is 0.0482.